The fourth-order valence-corrected chi connectivity index (χ4v) is 3.23. The van der Waals surface area contributed by atoms with Crippen molar-refractivity contribution in [2.45, 2.75) is 4.83 Å². The van der Waals surface area contributed by atoms with Crippen LogP contribution in [0.25, 0.3) is 0 Å². The second-order valence-corrected chi connectivity index (χ2v) is 6.37. The minimum atomic E-state index is -0.346. The fraction of sp³-hybridized carbons (Fsp3) is 0.0769. The first kappa shape index (κ1) is 14.3. The average molecular weight is 413 g/mol. The quantitative estimate of drug-likeness (QED) is 0.502. The average Bonchev–Trinajstić information content (AvgIpc) is 2.34. The number of halogens is 5. The van der Waals surface area contributed by atoms with Gasteiger partial charge in [-0.15, -0.1) is 0 Å². The Labute approximate surface area is 131 Å². The molecular formula is C13H7Br2Cl2F. The van der Waals surface area contributed by atoms with E-state index in [9.17, 15) is 4.39 Å². The summed E-state index contributed by atoms with van der Waals surface area (Å²) >= 11 is 18.8. The van der Waals surface area contributed by atoms with E-state index in [-0.39, 0.29) is 10.6 Å². The molecule has 2 rings (SSSR count). The molecule has 0 aromatic heterocycles. The number of hydrogen-bond acceptors (Lipinski definition) is 0. The van der Waals surface area contributed by atoms with Gasteiger partial charge in [0.25, 0.3) is 0 Å². The Bertz CT molecular complexity index is 536. The number of benzene rings is 2. The van der Waals surface area contributed by atoms with Crippen molar-refractivity contribution in [3.8, 4) is 0 Å². The van der Waals surface area contributed by atoms with E-state index in [1.165, 1.54) is 6.07 Å². The number of hydrogen-bond donors (Lipinski definition) is 0. The fourth-order valence-electron chi connectivity index (χ4n) is 1.59. The lowest BCUT2D eigenvalue weighted by Gasteiger charge is -2.14. The summed E-state index contributed by atoms with van der Waals surface area (Å²) in [6.07, 6.45) is 0. The molecule has 2 aromatic carbocycles. The topological polar surface area (TPSA) is 0 Å². The molecule has 0 amide bonds. The summed E-state index contributed by atoms with van der Waals surface area (Å²) in [5, 5.41) is 1.11. The Hall–Kier alpha value is -0.0900. The highest BCUT2D eigenvalue weighted by atomic mass is 79.9. The molecule has 0 nitrogen and oxygen atoms in total. The van der Waals surface area contributed by atoms with Gasteiger partial charge in [0.2, 0.25) is 0 Å². The van der Waals surface area contributed by atoms with Gasteiger partial charge in [-0.1, -0.05) is 55.1 Å². The van der Waals surface area contributed by atoms with Crippen molar-refractivity contribution in [2.75, 3.05) is 0 Å². The summed E-state index contributed by atoms with van der Waals surface area (Å²) < 4.78 is 14.6. The van der Waals surface area contributed by atoms with Gasteiger partial charge in [0.1, 0.15) is 5.82 Å². The summed E-state index contributed by atoms with van der Waals surface area (Å²) in [4.78, 5) is -0.346. The van der Waals surface area contributed by atoms with Gasteiger partial charge in [-0.05, 0) is 42.0 Å². The molecule has 18 heavy (non-hydrogen) atoms. The van der Waals surface area contributed by atoms with E-state index in [1.54, 1.807) is 30.3 Å². The number of alkyl halides is 1. The van der Waals surface area contributed by atoms with Crippen molar-refractivity contribution >= 4 is 55.1 Å². The van der Waals surface area contributed by atoms with Gasteiger partial charge in [-0.3, -0.25) is 0 Å². The van der Waals surface area contributed by atoms with Gasteiger partial charge in [-0.25, -0.2) is 4.39 Å². The van der Waals surface area contributed by atoms with Crippen LogP contribution >= 0.6 is 55.1 Å². The van der Waals surface area contributed by atoms with E-state index in [1.807, 2.05) is 0 Å². The maximum absolute atomic E-state index is 13.8. The van der Waals surface area contributed by atoms with Gasteiger partial charge in [-0.2, -0.15) is 0 Å². The maximum atomic E-state index is 13.8. The van der Waals surface area contributed by atoms with Crippen molar-refractivity contribution in [1.29, 1.82) is 0 Å². The summed E-state index contributed by atoms with van der Waals surface area (Å²) in [6.45, 7) is 0. The summed E-state index contributed by atoms with van der Waals surface area (Å²) in [5.41, 5.74) is 1.25. The summed E-state index contributed by atoms with van der Waals surface area (Å²) in [6, 6.07) is 9.90. The first-order valence-corrected chi connectivity index (χ1v) is 7.49. The van der Waals surface area contributed by atoms with Crippen LogP contribution in [0.3, 0.4) is 0 Å². The highest BCUT2D eigenvalue weighted by Crippen LogP contribution is 2.38. The first-order valence-electron chi connectivity index (χ1n) is 5.03. The molecule has 94 valence electrons. The van der Waals surface area contributed by atoms with Gasteiger partial charge < -0.3 is 0 Å². The molecule has 0 radical (unpaired) electrons. The van der Waals surface area contributed by atoms with Crippen LogP contribution in [0.4, 0.5) is 4.39 Å². The monoisotopic (exact) mass is 410 g/mol. The highest BCUT2D eigenvalue weighted by Gasteiger charge is 2.18. The molecular weight excluding hydrogens is 406 g/mol. The second kappa shape index (κ2) is 5.91. The van der Waals surface area contributed by atoms with Crippen LogP contribution in [0.5, 0.6) is 0 Å². The van der Waals surface area contributed by atoms with E-state index in [4.69, 9.17) is 23.2 Å². The highest BCUT2D eigenvalue weighted by molar-refractivity contribution is 9.10. The molecule has 1 atom stereocenters. The van der Waals surface area contributed by atoms with E-state index >= 15 is 0 Å². The molecule has 0 saturated carbocycles. The Kier molecular flexibility index (Phi) is 4.70. The summed E-state index contributed by atoms with van der Waals surface area (Å²) in [7, 11) is 0. The van der Waals surface area contributed by atoms with Gasteiger partial charge >= 0.3 is 0 Å². The summed E-state index contributed by atoms with van der Waals surface area (Å²) in [5.74, 6) is -0.295. The molecule has 0 bridgehead atoms. The molecule has 1 unspecified atom stereocenters. The molecule has 0 saturated heterocycles. The van der Waals surface area contributed by atoms with Gasteiger partial charge in [0.15, 0.2) is 0 Å². The lowest BCUT2D eigenvalue weighted by Crippen LogP contribution is -1.97. The van der Waals surface area contributed by atoms with Crippen LogP contribution in [0.2, 0.25) is 10.0 Å². The van der Waals surface area contributed by atoms with Crippen molar-refractivity contribution in [2.24, 2.45) is 0 Å². The largest absolute Gasteiger partial charge is 0.207 e. The second-order valence-electron chi connectivity index (χ2n) is 3.69. The first-order chi connectivity index (χ1) is 8.49. The van der Waals surface area contributed by atoms with E-state index in [0.717, 1.165) is 10.0 Å². The Morgan fingerprint density at radius 2 is 1.72 bits per heavy atom. The molecule has 0 spiro atoms. The Morgan fingerprint density at radius 3 is 2.44 bits per heavy atom. The Morgan fingerprint density at radius 1 is 1.00 bits per heavy atom. The van der Waals surface area contributed by atoms with E-state index in [0.29, 0.717) is 15.6 Å². The molecule has 0 aliphatic rings. The number of rotatable bonds is 2. The van der Waals surface area contributed by atoms with Crippen LogP contribution in [0.1, 0.15) is 16.0 Å². The standard InChI is InChI=1S/C13H7Br2Cl2F/c14-7-1-4-12(18)10(5-7)13(15)9-6-8(16)2-3-11(9)17/h1-6,13H. The van der Waals surface area contributed by atoms with Crippen molar-refractivity contribution < 1.29 is 4.39 Å². The predicted molar refractivity (Wildman–Crippen MR) is 81.3 cm³/mol. The maximum Gasteiger partial charge on any atom is 0.127 e. The van der Waals surface area contributed by atoms with Crippen LogP contribution in [0, 0.1) is 5.82 Å². The zero-order valence-corrected chi connectivity index (χ0v) is 13.6. The van der Waals surface area contributed by atoms with Crippen molar-refractivity contribution in [3.63, 3.8) is 0 Å². The molecule has 5 heteroatoms. The third kappa shape index (κ3) is 3.08. The molecule has 0 aliphatic carbocycles. The molecule has 0 heterocycles. The van der Waals surface area contributed by atoms with Crippen LogP contribution in [0.15, 0.2) is 40.9 Å². The third-order valence-electron chi connectivity index (χ3n) is 2.46. The van der Waals surface area contributed by atoms with Crippen LogP contribution in [-0.4, -0.2) is 0 Å². The minimum absolute atomic E-state index is 0.295. The zero-order chi connectivity index (χ0) is 13.3. The van der Waals surface area contributed by atoms with E-state index < -0.39 is 0 Å². The molecule has 0 fully saturated rings. The molecule has 0 aliphatic heterocycles. The Balaban J connectivity index is 2.50. The smallest absolute Gasteiger partial charge is 0.127 e. The van der Waals surface area contributed by atoms with Crippen molar-refractivity contribution in [3.05, 3.63) is 67.9 Å². The van der Waals surface area contributed by atoms with Crippen LogP contribution < -0.4 is 0 Å². The lowest BCUT2D eigenvalue weighted by atomic mass is 10.0. The SMILES string of the molecule is Fc1ccc(Br)cc1C(Br)c1cc(Cl)ccc1Cl. The van der Waals surface area contributed by atoms with Crippen molar-refractivity contribution in [1.82, 2.24) is 0 Å². The van der Waals surface area contributed by atoms with Gasteiger partial charge in [0, 0.05) is 20.1 Å². The normalized spacial score (nSPS) is 12.5. The third-order valence-corrected chi connectivity index (χ3v) is 4.52. The lowest BCUT2D eigenvalue weighted by molar-refractivity contribution is 0.613. The van der Waals surface area contributed by atoms with E-state index in [2.05, 4.69) is 31.9 Å². The molecule has 2 aromatic rings. The minimum Gasteiger partial charge on any atom is -0.207 e. The van der Waals surface area contributed by atoms with Crippen LogP contribution in [-0.2, 0) is 0 Å². The molecule has 0 N–H and O–H groups in total. The predicted octanol–water partition coefficient (Wildman–Crippen LogP) is 6.38. The zero-order valence-electron chi connectivity index (χ0n) is 8.93. The van der Waals surface area contributed by atoms with Gasteiger partial charge in [0.05, 0.1) is 4.83 Å².